The van der Waals surface area contributed by atoms with E-state index in [4.69, 9.17) is 5.11 Å². The van der Waals surface area contributed by atoms with Crippen LogP contribution >= 0.6 is 0 Å². The zero-order valence-corrected chi connectivity index (χ0v) is 11.8. The minimum atomic E-state index is -0.937. The number of hydrogen-bond donors (Lipinski definition) is 2. The number of carboxylic acid groups (broad SMARTS) is 1. The number of aliphatic carboxylic acids is 1. The first-order chi connectivity index (χ1) is 8.24. The van der Waals surface area contributed by atoms with Crippen LogP contribution in [0, 0.1) is 17.3 Å². The van der Waals surface area contributed by atoms with Crippen LogP contribution in [0.3, 0.4) is 0 Å². The lowest BCUT2D eigenvalue weighted by Crippen LogP contribution is -2.46. The van der Waals surface area contributed by atoms with E-state index in [9.17, 15) is 9.59 Å². The fraction of sp³-hybridized carbons (Fsp3) is 0.857. The van der Waals surface area contributed by atoms with Crippen molar-refractivity contribution in [3.63, 3.8) is 0 Å². The lowest BCUT2D eigenvalue weighted by atomic mass is 9.81. The Kier molecular flexibility index (Phi) is 4.77. The average Bonchev–Trinajstić information content (AvgIpc) is 2.56. The summed E-state index contributed by atoms with van der Waals surface area (Å²) >= 11 is 0. The molecule has 18 heavy (non-hydrogen) atoms. The predicted molar refractivity (Wildman–Crippen MR) is 70.1 cm³/mol. The molecule has 2 atom stereocenters. The van der Waals surface area contributed by atoms with E-state index in [0.717, 1.165) is 19.3 Å². The van der Waals surface area contributed by atoms with Crippen molar-refractivity contribution in [2.75, 3.05) is 0 Å². The molecule has 1 saturated carbocycles. The van der Waals surface area contributed by atoms with Crippen molar-refractivity contribution in [2.45, 2.75) is 59.4 Å². The van der Waals surface area contributed by atoms with Crippen LogP contribution in [0.4, 0.5) is 0 Å². The van der Waals surface area contributed by atoms with Gasteiger partial charge in [0.15, 0.2) is 0 Å². The van der Waals surface area contributed by atoms with Crippen LogP contribution in [0.15, 0.2) is 0 Å². The van der Waals surface area contributed by atoms with Gasteiger partial charge in [0.1, 0.15) is 6.04 Å². The first-order valence-corrected chi connectivity index (χ1v) is 6.77. The van der Waals surface area contributed by atoms with Gasteiger partial charge in [0.05, 0.1) is 0 Å². The number of carbonyl (C=O) groups is 2. The molecule has 4 heteroatoms. The zero-order chi connectivity index (χ0) is 13.9. The second-order valence-electron chi connectivity index (χ2n) is 6.46. The van der Waals surface area contributed by atoms with E-state index in [1.165, 1.54) is 0 Å². The molecule has 104 valence electrons. The molecule has 2 unspecified atom stereocenters. The van der Waals surface area contributed by atoms with Crippen LogP contribution in [0.5, 0.6) is 0 Å². The molecule has 1 amide bonds. The van der Waals surface area contributed by atoms with E-state index >= 15 is 0 Å². The lowest BCUT2D eigenvalue weighted by molar-refractivity contribution is -0.143. The summed E-state index contributed by atoms with van der Waals surface area (Å²) in [5, 5.41) is 11.8. The number of carboxylic acids is 1. The summed E-state index contributed by atoms with van der Waals surface area (Å²) in [6, 6.07) is -0.756. The molecule has 4 nitrogen and oxygen atoms in total. The Hall–Kier alpha value is -1.06. The molecular formula is C14H25NO3. The third-order valence-electron chi connectivity index (χ3n) is 3.90. The van der Waals surface area contributed by atoms with Crippen LogP contribution in [0.2, 0.25) is 0 Å². The second kappa shape index (κ2) is 5.72. The quantitative estimate of drug-likeness (QED) is 0.793. The summed E-state index contributed by atoms with van der Waals surface area (Å²) in [5.74, 6) is -0.826. The van der Waals surface area contributed by atoms with Gasteiger partial charge in [-0.2, -0.15) is 0 Å². The average molecular weight is 255 g/mol. The van der Waals surface area contributed by atoms with Crippen molar-refractivity contribution >= 4 is 11.9 Å². The van der Waals surface area contributed by atoms with Crippen molar-refractivity contribution in [2.24, 2.45) is 17.3 Å². The predicted octanol–water partition coefficient (Wildman–Crippen LogP) is 2.43. The van der Waals surface area contributed by atoms with Gasteiger partial charge in [-0.25, -0.2) is 4.79 Å². The lowest BCUT2D eigenvalue weighted by Gasteiger charge is -2.27. The second-order valence-corrected chi connectivity index (χ2v) is 6.46. The van der Waals surface area contributed by atoms with E-state index in [1.54, 1.807) is 0 Å². The molecule has 1 aliphatic carbocycles. The third kappa shape index (κ3) is 3.72. The standard InChI is InChI=1S/C14H25NO3/c1-9(2)8-11(13(17)18)15-12(16)10-6-5-7-14(10,3)4/h9-11H,5-8H2,1-4H3,(H,15,16)(H,17,18). The summed E-state index contributed by atoms with van der Waals surface area (Å²) < 4.78 is 0. The minimum absolute atomic E-state index is 0.00896. The number of carbonyl (C=O) groups excluding carboxylic acids is 1. The molecule has 0 saturated heterocycles. The Bertz CT molecular complexity index is 323. The highest BCUT2D eigenvalue weighted by atomic mass is 16.4. The highest BCUT2D eigenvalue weighted by Gasteiger charge is 2.40. The van der Waals surface area contributed by atoms with E-state index in [2.05, 4.69) is 19.2 Å². The molecule has 1 aliphatic rings. The highest BCUT2D eigenvalue weighted by Crippen LogP contribution is 2.42. The molecule has 0 aromatic heterocycles. The van der Waals surface area contributed by atoms with Gasteiger partial charge in [-0.3, -0.25) is 4.79 Å². The minimum Gasteiger partial charge on any atom is -0.480 e. The zero-order valence-electron chi connectivity index (χ0n) is 11.8. The summed E-state index contributed by atoms with van der Waals surface area (Å²) in [6.07, 6.45) is 3.43. The van der Waals surface area contributed by atoms with E-state index < -0.39 is 12.0 Å². The van der Waals surface area contributed by atoms with E-state index in [-0.39, 0.29) is 23.2 Å². The van der Waals surface area contributed by atoms with Gasteiger partial charge in [0.25, 0.3) is 0 Å². The van der Waals surface area contributed by atoms with Gasteiger partial charge in [0.2, 0.25) is 5.91 Å². The molecule has 2 N–H and O–H groups in total. The van der Waals surface area contributed by atoms with Crippen LogP contribution in [0.25, 0.3) is 0 Å². The van der Waals surface area contributed by atoms with Gasteiger partial charge in [-0.15, -0.1) is 0 Å². The van der Waals surface area contributed by atoms with E-state index in [1.807, 2.05) is 13.8 Å². The summed E-state index contributed by atoms with van der Waals surface area (Å²) in [6.45, 7) is 8.09. The van der Waals surface area contributed by atoms with Crippen molar-refractivity contribution < 1.29 is 14.7 Å². The smallest absolute Gasteiger partial charge is 0.326 e. The monoisotopic (exact) mass is 255 g/mol. The normalized spacial score (nSPS) is 23.9. The summed E-state index contributed by atoms with van der Waals surface area (Å²) in [7, 11) is 0. The Morgan fingerprint density at radius 3 is 2.39 bits per heavy atom. The number of amides is 1. The molecule has 1 rings (SSSR count). The van der Waals surface area contributed by atoms with Crippen LogP contribution in [-0.4, -0.2) is 23.0 Å². The highest BCUT2D eigenvalue weighted by molar-refractivity contribution is 5.85. The number of nitrogens with one attached hydrogen (secondary N) is 1. The molecule has 0 aromatic carbocycles. The van der Waals surface area contributed by atoms with Crippen molar-refractivity contribution in [1.82, 2.24) is 5.32 Å². The Morgan fingerprint density at radius 2 is 2.00 bits per heavy atom. The molecule has 0 radical (unpaired) electrons. The molecular weight excluding hydrogens is 230 g/mol. The largest absolute Gasteiger partial charge is 0.480 e. The first kappa shape index (κ1) is 15.0. The summed E-state index contributed by atoms with van der Waals surface area (Å²) in [5.41, 5.74) is -0.00896. The summed E-state index contributed by atoms with van der Waals surface area (Å²) in [4.78, 5) is 23.3. The molecule has 0 aromatic rings. The maximum absolute atomic E-state index is 12.2. The number of rotatable bonds is 5. The third-order valence-corrected chi connectivity index (χ3v) is 3.90. The maximum Gasteiger partial charge on any atom is 0.326 e. The molecule has 1 fully saturated rings. The van der Waals surface area contributed by atoms with Gasteiger partial charge in [0, 0.05) is 5.92 Å². The molecule has 0 heterocycles. The fourth-order valence-electron chi connectivity index (χ4n) is 2.78. The molecule has 0 spiro atoms. The fourth-order valence-corrected chi connectivity index (χ4v) is 2.78. The molecule has 0 bridgehead atoms. The Balaban J connectivity index is 2.64. The number of hydrogen-bond acceptors (Lipinski definition) is 2. The van der Waals surface area contributed by atoms with Gasteiger partial charge in [-0.05, 0) is 30.6 Å². The van der Waals surface area contributed by atoms with Crippen molar-refractivity contribution in [1.29, 1.82) is 0 Å². The molecule has 0 aliphatic heterocycles. The van der Waals surface area contributed by atoms with Gasteiger partial charge >= 0.3 is 5.97 Å². The Labute approximate surface area is 109 Å². The Morgan fingerprint density at radius 1 is 1.39 bits per heavy atom. The van der Waals surface area contributed by atoms with Gasteiger partial charge in [-0.1, -0.05) is 34.1 Å². The van der Waals surface area contributed by atoms with Crippen LogP contribution in [-0.2, 0) is 9.59 Å². The van der Waals surface area contributed by atoms with Crippen LogP contribution < -0.4 is 5.32 Å². The van der Waals surface area contributed by atoms with Crippen molar-refractivity contribution in [3.05, 3.63) is 0 Å². The first-order valence-electron chi connectivity index (χ1n) is 6.77. The van der Waals surface area contributed by atoms with Gasteiger partial charge < -0.3 is 10.4 Å². The topological polar surface area (TPSA) is 66.4 Å². The van der Waals surface area contributed by atoms with Crippen LogP contribution in [0.1, 0.15) is 53.4 Å². The maximum atomic E-state index is 12.2. The van der Waals surface area contributed by atoms with Crippen molar-refractivity contribution in [3.8, 4) is 0 Å². The van der Waals surface area contributed by atoms with E-state index in [0.29, 0.717) is 6.42 Å². The SMILES string of the molecule is CC(C)CC(NC(=O)C1CCCC1(C)C)C(=O)O.